The molecular weight excluding hydrogens is 340 g/mol. The molecule has 1 aromatic heterocycles. The molecule has 27 heavy (non-hydrogen) atoms. The molecule has 2 amide bonds. The number of rotatable bonds is 4. The predicted octanol–water partition coefficient (Wildman–Crippen LogP) is 2.46. The largest absolute Gasteiger partial charge is 0.358 e. The first-order valence-corrected chi connectivity index (χ1v) is 8.88. The van der Waals surface area contributed by atoms with Crippen molar-refractivity contribution >= 4 is 28.9 Å². The third-order valence-corrected chi connectivity index (χ3v) is 5.00. The number of hydrogen-bond donors (Lipinski definition) is 3. The molecule has 0 saturated carbocycles. The Hall–Kier alpha value is -3.41. The lowest BCUT2D eigenvalue weighted by Crippen LogP contribution is -2.34. The van der Waals surface area contributed by atoms with Gasteiger partial charge in [0.05, 0.1) is 6.21 Å². The Labute approximate surface area is 156 Å². The van der Waals surface area contributed by atoms with Gasteiger partial charge in [0, 0.05) is 34.6 Å². The first-order chi connectivity index (χ1) is 13.1. The Kier molecular flexibility index (Phi) is 4.46. The summed E-state index contributed by atoms with van der Waals surface area (Å²) < 4.78 is 0. The summed E-state index contributed by atoms with van der Waals surface area (Å²) in [7, 11) is 0. The van der Waals surface area contributed by atoms with E-state index >= 15 is 0 Å². The number of nitrogens with one attached hydrogen (secondary N) is 3. The SMILES string of the molecule is Cc1[nH]c2ccccc2c1/C=N/NC(=O)C1C(=O)NCC1c1ccccc1. The number of benzene rings is 2. The van der Waals surface area contributed by atoms with E-state index in [4.69, 9.17) is 0 Å². The lowest BCUT2D eigenvalue weighted by molar-refractivity contribution is -0.133. The molecule has 1 aliphatic heterocycles. The second kappa shape index (κ2) is 7.07. The molecule has 3 N–H and O–H groups in total. The molecule has 0 radical (unpaired) electrons. The molecule has 2 aromatic carbocycles. The smallest absolute Gasteiger partial charge is 0.253 e. The van der Waals surface area contributed by atoms with Crippen LogP contribution in [0.2, 0.25) is 0 Å². The number of carbonyl (C=O) groups is 2. The zero-order chi connectivity index (χ0) is 18.8. The van der Waals surface area contributed by atoms with Crippen molar-refractivity contribution in [3.8, 4) is 0 Å². The van der Waals surface area contributed by atoms with Crippen LogP contribution in [0.3, 0.4) is 0 Å². The number of H-pyrrole nitrogens is 1. The van der Waals surface area contributed by atoms with Crippen LogP contribution in [0.25, 0.3) is 10.9 Å². The summed E-state index contributed by atoms with van der Waals surface area (Å²) in [5.74, 6) is -1.63. The third kappa shape index (κ3) is 3.21. The van der Waals surface area contributed by atoms with E-state index in [1.165, 1.54) is 0 Å². The summed E-state index contributed by atoms with van der Waals surface area (Å²) >= 11 is 0. The van der Waals surface area contributed by atoms with Gasteiger partial charge in [0.15, 0.2) is 0 Å². The zero-order valence-electron chi connectivity index (χ0n) is 14.9. The van der Waals surface area contributed by atoms with E-state index in [0.717, 1.165) is 27.7 Å². The van der Waals surface area contributed by atoms with Gasteiger partial charge < -0.3 is 10.3 Å². The Bertz CT molecular complexity index is 1020. The third-order valence-electron chi connectivity index (χ3n) is 5.00. The minimum atomic E-state index is -0.784. The van der Waals surface area contributed by atoms with E-state index in [1.54, 1.807) is 6.21 Å². The van der Waals surface area contributed by atoms with Crippen LogP contribution in [-0.4, -0.2) is 29.6 Å². The highest BCUT2D eigenvalue weighted by Gasteiger charge is 2.40. The molecular formula is C21H20N4O2. The molecule has 0 aliphatic carbocycles. The maximum atomic E-state index is 12.6. The van der Waals surface area contributed by atoms with Crippen molar-refractivity contribution in [3.05, 3.63) is 71.4 Å². The van der Waals surface area contributed by atoms with Gasteiger partial charge in [-0.05, 0) is 18.6 Å². The molecule has 2 heterocycles. The van der Waals surface area contributed by atoms with Crippen LogP contribution in [0.5, 0.6) is 0 Å². The molecule has 0 spiro atoms. The number of fused-ring (bicyclic) bond motifs is 1. The number of para-hydroxylation sites is 1. The van der Waals surface area contributed by atoms with E-state index in [1.807, 2.05) is 61.5 Å². The zero-order valence-corrected chi connectivity index (χ0v) is 14.9. The highest BCUT2D eigenvalue weighted by molar-refractivity contribution is 6.04. The minimum Gasteiger partial charge on any atom is -0.358 e. The van der Waals surface area contributed by atoms with Crippen molar-refractivity contribution in [3.63, 3.8) is 0 Å². The van der Waals surface area contributed by atoms with E-state index < -0.39 is 11.8 Å². The number of nitrogens with zero attached hydrogens (tertiary/aromatic N) is 1. The van der Waals surface area contributed by atoms with Crippen LogP contribution in [0, 0.1) is 12.8 Å². The molecule has 6 nitrogen and oxygen atoms in total. The predicted molar refractivity (Wildman–Crippen MR) is 104 cm³/mol. The van der Waals surface area contributed by atoms with Gasteiger partial charge in [-0.25, -0.2) is 5.43 Å². The molecule has 2 unspecified atom stereocenters. The van der Waals surface area contributed by atoms with Gasteiger partial charge in [0.25, 0.3) is 5.91 Å². The number of aromatic amines is 1. The highest BCUT2D eigenvalue weighted by Crippen LogP contribution is 2.29. The fourth-order valence-electron chi connectivity index (χ4n) is 3.63. The second-order valence-corrected chi connectivity index (χ2v) is 6.68. The van der Waals surface area contributed by atoms with Crippen LogP contribution in [0.15, 0.2) is 59.7 Å². The normalized spacial score (nSPS) is 19.5. The van der Waals surface area contributed by atoms with Crippen LogP contribution >= 0.6 is 0 Å². The van der Waals surface area contributed by atoms with E-state index in [9.17, 15) is 9.59 Å². The summed E-state index contributed by atoms with van der Waals surface area (Å²) in [6.45, 7) is 2.41. The molecule has 0 bridgehead atoms. The molecule has 136 valence electrons. The summed E-state index contributed by atoms with van der Waals surface area (Å²) in [6.07, 6.45) is 1.62. The number of aromatic nitrogens is 1. The molecule has 1 saturated heterocycles. The molecule has 6 heteroatoms. The topological polar surface area (TPSA) is 86.3 Å². The van der Waals surface area contributed by atoms with Crippen molar-refractivity contribution in [2.24, 2.45) is 11.0 Å². The van der Waals surface area contributed by atoms with Crippen LogP contribution in [0.4, 0.5) is 0 Å². The number of carbonyl (C=O) groups excluding carboxylic acids is 2. The second-order valence-electron chi connectivity index (χ2n) is 6.68. The first-order valence-electron chi connectivity index (χ1n) is 8.88. The van der Waals surface area contributed by atoms with Gasteiger partial charge in [0.2, 0.25) is 5.91 Å². The molecule has 3 aromatic rings. The quantitative estimate of drug-likeness (QED) is 0.379. The van der Waals surface area contributed by atoms with Crippen LogP contribution in [-0.2, 0) is 9.59 Å². The lowest BCUT2D eigenvalue weighted by Gasteiger charge is -2.15. The van der Waals surface area contributed by atoms with E-state index in [0.29, 0.717) is 6.54 Å². The van der Waals surface area contributed by atoms with Gasteiger partial charge in [-0.15, -0.1) is 0 Å². The first kappa shape index (κ1) is 17.0. The monoisotopic (exact) mass is 360 g/mol. The Morgan fingerprint density at radius 2 is 1.89 bits per heavy atom. The number of amides is 2. The van der Waals surface area contributed by atoms with Crippen molar-refractivity contribution in [1.82, 2.24) is 15.7 Å². The van der Waals surface area contributed by atoms with Crippen molar-refractivity contribution < 1.29 is 9.59 Å². The highest BCUT2D eigenvalue weighted by atomic mass is 16.2. The van der Waals surface area contributed by atoms with Crippen LogP contribution in [0.1, 0.15) is 22.7 Å². The molecule has 1 aliphatic rings. The maximum Gasteiger partial charge on any atom is 0.253 e. The van der Waals surface area contributed by atoms with Gasteiger partial charge in [-0.3, -0.25) is 9.59 Å². The van der Waals surface area contributed by atoms with Gasteiger partial charge in [-0.1, -0.05) is 48.5 Å². The van der Waals surface area contributed by atoms with Crippen LogP contribution < -0.4 is 10.7 Å². The Morgan fingerprint density at radius 1 is 1.15 bits per heavy atom. The fourth-order valence-corrected chi connectivity index (χ4v) is 3.63. The fraction of sp³-hybridized carbons (Fsp3) is 0.190. The van der Waals surface area contributed by atoms with E-state index in [-0.39, 0.29) is 11.8 Å². The van der Waals surface area contributed by atoms with Crippen molar-refractivity contribution in [1.29, 1.82) is 0 Å². The summed E-state index contributed by atoms with van der Waals surface area (Å²) in [6, 6.07) is 17.5. The summed E-state index contributed by atoms with van der Waals surface area (Å²) in [5, 5.41) is 7.92. The standard InChI is InChI=1S/C21H20N4O2/c1-13-16(15-9-5-6-10-18(15)24-13)12-23-25-21(27)19-17(11-22-20(19)26)14-7-3-2-4-8-14/h2-10,12,17,19,24H,11H2,1H3,(H,22,26)(H,25,27)/b23-12+. The summed E-state index contributed by atoms with van der Waals surface area (Å²) in [4.78, 5) is 28.1. The van der Waals surface area contributed by atoms with Gasteiger partial charge in [-0.2, -0.15) is 5.10 Å². The van der Waals surface area contributed by atoms with Gasteiger partial charge in [0.1, 0.15) is 5.92 Å². The molecule has 4 rings (SSSR count). The minimum absolute atomic E-state index is 0.191. The Morgan fingerprint density at radius 3 is 2.70 bits per heavy atom. The Balaban J connectivity index is 1.52. The van der Waals surface area contributed by atoms with Crippen molar-refractivity contribution in [2.75, 3.05) is 6.54 Å². The molecule has 2 atom stereocenters. The maximum absolute atomic E-state index is 12.6. The lowest BCUT2D eigenvalue weighted by atomic mass is 9.88. The molecule has 1 fully saturated rings. The number of hydrazone groups is 1. The van der Waals surface area contributed by atoms with Gasteiger partial charge >= 0.3 is 0 Å². The number of hydrogen-bond acceptors (Lipinski definition) is 3. The van der Waals surface area contributed by atoms with Crippen molar-refractivity contribution in [2.45, 2.75) is 12.8 Å². The average molecular weight is 360 g/mol. The average Bonchev–Trinajstić information content (AvgIpc) is 3.22. The van der Waals surface area contributed by atoms with E-state index in [2.05, 4.69) is 20.8 Å². The number of aryl methyl sites for hydroxylation is 1. The summed E-state index contributed by atoms with van der Waals surface area (Å²) in [5.41, 5.74) is 6.41.